The van der Waals surface area contributed by atoms with Crippen molar-refractivity contribution in [3.63, 3.8) is 0 Å². The Labute approximate surface area is 76.8 Å². The highest BCUT2D eigenvalue weighted by Gasteiger charge is 2.09. The summed E-state index contributed by atoms with van der Waals surface area (Å²) in [5, 5.41) is 8.75. The summed E-state index contributed by atoms with van der Waals surface area (Å²) in [6.45, 7) is 1.74. The van der Waals surface area contributed by atoms with Crippen molar-refractivity contribution >= 4 is 12.0 Å². The average molecular weight is 174 g/mol. The standard InChI is InChI=1S/C10H10N2O/c1-7(6-13)10-4-9(12)3-2-8(10)5-11/h2-4,6-7H,12H2,1H3. The van der Waals surface area contributed by atoms with E-state index in [1.54, 1.807) is 25.1 Å². The molecule has 3 heteroatoms. The predicted octanol–water partition coefficient (Wildman–Crippen LogP) is 1.44. The fourth-order valence-corrected chi connectivity index (χ4v) is 1.13. The summed E-state index contributed by atoms with van der Waals surface area (Å²) in [6.07, 6.45) is 0.801. The van der Waals surface area contributed by atoms with E-state index in [1.807, 2.05) is 6.07 Å². The molecule has 1 aromatic carbocycles. The van der Waals surface area contributed by atoms with Crippen LogP contribution in [0.3, 0.4) is 0 Å². The van der Waals surface area contributed by atoms with E-state index < -0.39 is 0 Å². The number of rotatable bonds is 2. The normalized spacial score (nSPS) is 11.7. The first-order valence-electron chi connectivity index (χ1n) is 3.94. The van der Waals surface area contributed by atoms with E-state index in [-0.39, 0.29) is 5.92 Å². The lowest BCUT2D eigenvalue weighted by atomic mass is 9.97. The lowest BCUT2D eigenvalue weighted by Crippen LogP contribution is -1.99. The minimum atomic E-state index is -0.279. The molecule has 0 spiro atoms. The molecule has 0 fully saturated rings. The molecule has 0 bridgehead atoms. The number of nitriles is 1. The van der Waals surface area contributed by atoms with Crippen molar-refractivity contribution in [1.82, 2.24) is 0 Å². The second-order valence-corrected chi connectivity index (χ2v) is 2.88. The minimum Gasteiger partial charge on any atom is -0.399 e. The van der Waals surface area contributed by atoms with Gasteiger partial charge in [0.15, 0.2) is 0 Å². The molecule has 1 rings (SSSR count). The van der Waals surface area contributed by atoms with E-state index in [0.717, 1.165) is 6.29 Å². The van der Waals surface area contributed by atoms with Crippen LogP contribution in [0.1, 0.15) is 24.0 Å². The van der Waals surface area contributed by atoms with Crippen molar-refractivity contribution in [3.05, 3.63) is 29.3 Å². The van der Waals surface area contributed by atoms with E-state index in [0.29, 0.717) is 16.8 Å². The molecule has 0 aromatic heterocycles. The number of hydrogen-bond acceptors (Lipinski definition) is 3. The zero-order valence-corrected chi connectivity index (χ0v) is 7.32. The van der Waals surface area contributed by atoms with E-state index in [4.69, 9.17) is 11.0 Å². The second-order valence-electron chi connectivity index (χ2n) is 2.88. The van der Waals surface area contributed by atoms with Crippen molar-refractivity contribution in [2.75, 3.05) is 5.73 Å². The molecule has 0 saturated heterocycles. The summed E-state index contributed by atoms with van der Waals surface area (Å²) in [5.41, 5.74) is 7.32. The van der Waals surface area contributed by atoms with E-state index in [2.05, 4.69) is 0 Å². The third kappa shape index (κ3) is 1.85. The highest BCUT2D eigenvalue weighted by atomic mass is 16.1. The van der Waals surface area contributed by atoms with Crippen LogP contribution >= 0.6 is 0 Å². The van der Waals surface area contributed by atoms with Gasteiger partial charge < -0.3 is 10.5 Å². The molecule has 0 amide bonds. The molecule has 1 aromatic rings. The number of benzene rings is 1. The van der Waals surface area contributed by atoms with Gasteiger partial charge in [-0.3, -0.25) is 0 Å². The Hall–Kier alpha value is -1.82. The van der Waals surface area contributed by atoms with Gasteiger partial charge in [-0.15, -0.1) is 0 Å². The number of nitrogens with two attached hydrogens (primary N) is 1. The quantitative estimate of drug-likeness (QED) is 0.545. The number of nitrogen functional groups attached to an aromatic ring is 1. The number of carbonyl (C=O) groups is 1. The van der Waals surface area contributed by atoms with E-state index >= 15 is 0 Å². The Morgan fingerprint density at radius 2 is 2.31 bits per heavy atom. The zero-order chi connectivity index (χ0) is 9.84. The SMILES string of the molecule is CC(C=O)c1cc(N)ccc1C#N. The number of nitrogens with zero attached hydrogens (tertiary/aromatic N) is 1. The first kappa shape index (κ1) is 9.27. The molecule has 0 saturated carbocycles. The molecule has 3 nitrogen and oxygen atoms in total. The molecule has 0 radical (unpaired) electrons. The summed E-state index contributed by atoms with van der Waals surface area (Å²) in [5.74, 6) is -0.279. The lowest BCUT2D eigenvalue weighted by molar-refractivity contribution is -0.108. The number of aldehydes is 1. The van der Waals surface area contributed by atoms with Crippen molar-refractivity contribution in [2.24, 2.45) is 0 Å². The third-order valence-corrected chi connectivity index (χ3v) is 1.89. The summed E-state index contributed by atoms with van der Waals surface area (Å²) >= 11 is 0. The number of carbonyl (C=O) groups excluding carboxylic acids is 1. The summed E-state index contributed by atoms with van der Waals surface area (Å²) < 4.78 is 0. The maximum Gasteiger partial charge on any atom is 0.127 e. The Balaban J connectivity index is 3.25. The minimum absolute atomic E-state index is 0.279. The fraction of sp³-hybridized carbons (Fsp3) is 0.200. The van der Waals surface area contributed by atoms with Gasteiger partial charge in [-0.1, -0.05) is 6.92 Å². The Kier molecular flexibility index (Phi) is 2.65. The molecule has 1 atom stereocenters. The molecule has 0 aliphatic heterocycles. The van der Waals surface area contributed by atoms with Gasteiger partial charge in [0.1, 0.15) is 6.29 Å². The van der Waals surface area contributed by atoms with Crippen LogP contribution in [0.5, 0.6) is 0 Å². The lowest BCUT2D eigenvalue weighted by Gasteiger charge is -2.06. The van der Waals surface area contributed by atoms with Crippen LogP contribution in [0.15, 0.2) is 18.2 Å². The van der Waals surface area contributed by atoms with Crippen LogP contribution in [0.25, 0.3) is 0 Å². The van der Waals surface area contributed by atoms with Crippen LogP contribution < -0.4 is 5.73 Å². The molecule has 0 aliphatic carbocycles. The van der Waals surface area contributed by atoms with Gasteiger partial charge in [-0.05, 0) is 23.8 Å². The van der Waals surface area contributed by atoms with E-state index in [9.17, 15) is 4.79 Å². The van der Waals surface area contributed by atoms with Gasteiger partial charge in [-0.25, -0.2) is 0 Å². The van der Waals surface area contributed by atoms with Crippen LogP contribution in [-0.4, -0.2) is 6.29 Å². The largest absolute Gasteiger partial charge is 0.399 e. The number of hydrogen-bond donors (Lipinski definition) is 1. The van der Waals surface area contributed by atoms with Gasteiger partial charge >= 0.3 is 0 Å². The Morgan fingerprint density at radius 3 is 2.85 bits per heavy atom. The van der Waals surface area contributed by atoms with Crippen molar-refractivity contribution in [1.29, 1.82) is 5.26 Å². The number of anilines is 1. The Morgan fingerprint density at radius 1 is 1.62 bits per heavy atom. The van der Waals surface area contributed by atoms with Gasteiger partial charge in [-0.2, -0.15) is 5.26 Å². The van der Waals surface area contributed by atoms with Crippen LogP contribution in [-0.2, 0) is 4.79 Å². The van der Waals surface area contributed by atoms with E-state index in [1.165, 1.54) is 0 Å². The average Bonchev–Trinajstić information content (AvgIpc) is 2.16. The monoisotopic (exact) mass is 174 g/mol. The molecular weight excluding hydrogens is 164 g/mol. The van der Waals surface area contributed by atoms with Crippen molar-refractivity contribution in [3.8, 4) is 6.07 Å². The highest BCUT2D eigenvalue weighted by molar-refractivity contribution is 5.65. The third-order valence-electron chi connectivity index (χ3n) is 1.89. The predicted molar refractivity (Wildman–Crippen MR) is 50.0 cm³/mol. The smallest absolute Gasteiger partial charge is 0.127 e. The molecule has 1 unspecified atom stereocenters. The second kappa shape index (κ2) is 3.72. The van der Waals surface area contributed by atoms with Gasteiger partial charge in [0.2, 0.25) is 0 Å². The summed E-state index contributed by atoms with van der Waals surface area (Å²) in [7, 11) is 0. The first-order valence-corrected chi connectivity index (χ1v) is 3.94. The molecule has 66 valence electrons. The first-order chi connectivity index (χ1) is 6.19. The highest BCUT2D eigenvalue weighted by Crippen LogP contribution is 2.20. The van der Waals surface area contributed by atoms with Crippen molar-refractivity contribution < 1.29 is 4.79 Å². The summed E-state index contributed by atoms with van der Waals surface area (Å²) in [6, 6.07) is 6.97. The zero-order valence-electron chi connectivity index (χ0n) is 7.32. The van der Waals surface area contributed by atoms with Crippen molar-refractivity contribution in [2.45, 2.75) is 12.8 Å². The summed E-state index contributed by atoms with van der Waals surface area (Å²) in [4.78, 5) is 10.5. The fourth-order valence-electron chi connectivity index (χ4n) is 1.13. The Bertz CT molecular complexity index is 366. The molecule has 2 N–H and O–H groups in total. The molecule has 0 heterocycles. The maximum absolute atomic E-state index is 10.5. The molecular formula is C10H10N2O. The van der Waals surface area contributed by atoms with Crippen LogP contribution in [0, 0.1) is 11.3 Å². The molecule has 0 aliphatic rings. The topological polar surface area (TPSA) is 66.9 Å². The molecule has 13 heavy (non-hydrogen) atoms. The van der Waals surface area contributed by atoms with Gasteiger partial charge in [0.25, 0.3) is 0 Å². The van der Waals surface area contributed by atoms with Gasteiger partial charge in [0.05, 0.1) is 11.6 Å². The van der Waals surface area contributed by atoms with Crippen LogP contribution in [0.2, 0.25) is 0 Å². The van der Waals surface area contributed by atoms with Gasteiger partial charge in [0, 0.05) is 11.6 Å². The van der Waals surface area contributed by atoms with Crippen LogP contribution in [0.4, 0.5) is 5.69 Å². The maximum atomic E-state index is 10.5.